The van der Waals surface area contributed by atoms with E-state index < -0.39 is 0 Å². The number of benzene rings is 1. The van der Waals surface area contributed by atoms with Gasteiger partial charge in [0, 0.05) is 17.7 Å². The minimum Gasteiger partial charge on any atom is -0.497 e. The second-order valence-electron chi connectivity index (χ2n) is 6.03. The molecule has 0 aliphatic rings. The molecular formula is C19H20BrN5O3S. The molecule has 0 aliphatic heterocycles. The Morgan fingerprint density at radius 3 is 2.59 bits per heavy atom. The standard InChI is InChI=1S/C19H20BrN5O3S/c1-12(28-15-7-5-14(27-3)6-8-15)18-23-24-19(25(18)2)29-11-17(26)22-16-9-4-13(20)10-21-16/h4-10,12H,11H2,1-3H3,(H,21,22,26). The third-order valence-corrected chi connectivity index (χ3v) is 5.42. The summed E-state index contributed by atoms with van der Waals surface area (Å²) in [5.74, 6) is 2.65. The minimum absolute atomic E-state index is 0.170. The number of carbonyl (C=O) groups is 1. The monoisotopic (exact) mass is 477 g/mol. The van der Waals surface area contributed by atoms with Crippen molar-refractivity contribution in [2.24, 2.45) is 7.05 Å². The van der Waals surface area contributed by atoms with E-state index in [1.807, 2.05) is 48.9 Å². The van der Waals surface area contributed by atoms with Crippen LogP contribution in [0.4, 0.5) is 5.82 Å². The van der Waals surface area contributed by atoms with Crippen molar-refractivity contribution in [3.63, 3.8) is 0 Å². The zero-order valence-corrected chi connectivity index (χ0v) is 18.5. The van der Waals surface area contributed by atoms with E-state index in [-0.39, 0.29) is 17.8 Å². The van der Waals surface area contributed by atoms with Crippen molar-refractivity contribution in [2.45, 2.75) is 18.2 Å². The Morgan fingerprint density at radius 1 is 1.21 bits per heavy atom. The largest absolute Gasteiger partial charge is 0.497 e. The highest BCUT2D eigenvalue weighted by molar-refractivity contribution is 9.10. The van der Waals surface area contributed by atoms with Gasteiger partial charge in [-0.3, -0.25) is 4.79 Å². The zero-order valence-electron chi connectivity index (χ0n) is 16.1. The molecule has 1 aromatic carbocycles. The van der Waals surface area contributed by atoms with Crippen molar-refractivity contribution < 1.29 is 14.3 Å². The highest BCUT2D eigenvalue weighted by atomic mass is 79.9. The number of anilines is 1. The van der Waals surface area contributed by atoms with Gasteiger partial charge in [0.2, 0.25) is 5.91 Å². The summed E-state index contributed by atoms with van der Waals surface area (Å²) in [6, 6.07) is 10.9. The fourth-order valence-corrected chi connectivity index (χ4v) is 3.43. The summed E-state index contributed by atoms with van der Waals surface area (Å²) >= 11 is 4.60. The van der Waals surface area contributed by atoms with E-state index in [9.17, 15) is 4.79 Å². The van der Waals surface area contributed by atoms with E-state index >= 15 is 0 Å². The molecule has 0 saturated carbocycles. The molecule has 3 aromatic rings. The number of amides is 1. The molecule has 0 aliphatic carbocycles. The predicted molar refractivity (Wildman–Crippen MR) is 114 cm³/mol. The average Bonchev–Trinajstić information content (AvgIpc) is 3.09. The summed E-state index contributed by atoms with van der Waals surface area (Å²) in [5, 5.41) is 11.8. The maximum atomic E-state index is 12.1. The van der Waals surface area contributed by atoms with Gasteiger partial charge in [0.1, 0.15) is 17.3 Å². The summed E-state index contributed by atoms with van der Waals surface area (Å²) in [4.78, 5) is 16.3. The molecule has 29 heavy (non-hydrogen) atoms. The Bertz CT molecular complexity index is 963. The highest BCUT2D eigenvalue weighted by Gasteiger charge is 2.18. The van der Waals surface area contributed by atoms with Crippen molar-refractivity contribution in [3.8, 4) is 11.5 Å². The Kier molecular flexibility index (Phi) is 7.10. The molecule has 1 atom stereocenters. The minimum atomic E-state index is -0.309. The van der Waals surface area contributed by atoms with E-state index in [0.717, 1.165) is 10.2 Å². The number of carbonyl (C=O) groups excluding carboxylic acids is 1. The van der Waals surface area contributed by atoms with Gasteiger partial charge < -0.3 is 19.4 Å². The van der Waals surface area contributed by atoms with E-state index in [1.54, 1.807) is 19.4 Å². The molecule has 10 heteroatoms. The predicted octanol–water partition coefficient (Wildman–Crippen LogP) is 3.85. The van der Waals surface area contributed by atoms with Crippen molar-refractivity contribution in [2.75, 3.05) is 18.2 Å². The van der Waals surface area contributed by atoms with Crippen LogP contribution in [0, 0.1) is 0 Å². The van der Waals surface area contributed by atoms with Crippen LogP contribution >= 0.6 is 27.7 Å². The van der Waals surface area contributed by atoms with Crippen LogP contribution in [0.25, 0.3) is 0 Å². The molecule has 0 radical (unpaired) electrons. The van der Waals surface area contributed by atoms with E-state index in [0.29, 0.717) is 22.5 Å². The summed E-state index contributed by atoms with van der Waals surface area (Å²) in [6.07, 6.45) is 1.32. The SMILES string of the molecule is COc1ccc(OC(C)c2nnc(SCC(=O)Nc3ccc(Br)cn3)n2C)cc1. The summed E-state index contributed by atoms with van der Waals surface area (Å²) < 4.78 is 13.7. The Hall–Kier alpha value is -2.59. The lowest BCUT2D eigenvalue weighted by molar-refractivity contribution is -0.113. The van der Waals surface area contributed by atoms with Crippen LogP contribution in [0.2, 0.25) is 0 Å². The summed E-state index contributed by atoms with van der Waals surface area (Å²) in [6.45, 7) is 1.90. The number of nitrogens with zero attached hydrogens (tertiary/aromatic N) is 4. The van der Waals surface area contributed by atoms with Gasteiger partial charge in [-0.15, -0.1) is 10.2 Å². The van der Waals surface area contributed by atoms with Crippen LogP contribution < -0.4 is 14.8 Å². The molecule has 3 rings (SSSR count). The highest BCUT2D eigenvalue weighted by Crippen LogP contribution is 2.25. The van der Waals surface area contributed by atoms with Gasteiger partial charge >= 0.3 is 0 Å². The van der Waals surface area contributed by atoms with E-state index in [1.165, 1.54) is 11.8 Å². The molecule has 2 heterocycles. The molecule has 2 aromatic heterocycles. The average molecular weight is 478 g/mol. The molecule has 152 valence electrons. The van der Waals surface area contributed by atoms with Crippen LogP contribution in [-0.4, -0.2) is 38.5 Å². The molecule has 0 saturated heterocycles. The van der Waals surface area contributed by atoms with Gasteiger partial charge in [0.25, 0.3) is 0 Å². The number of aromatic nitrogens is 4. The van der Waals surface area contributed by atoms with Crippen LogP contribution in [0.1, 0.15) is 18.9 Å². The fourth-order valence-electron chi connectivity index (χ4n) is 2.48. The normalized spacial score (nSPS) is 11.7. The Labute approximate surface area is 181 Å². The second-order valence-corrected chi connectivity index (χ2v) is 7.89. The molecule has 0 fully saturated rings. The van der Waals surface area contributed by atoms with Crippen LogP contribution in [0.3, 0.4) is 0 Å². The second kappa shape index (κ2) is 9.75. The quantitative estimate of drug-likeness (QED) is 0.492. The first-order valence-corrected chi connectivity index (χ1v) is 10.5. The van der Waals surface area contributed by atoms with Gasteiger partial charge in [-0.05, 0) is 59.3 Å². The smallest absolute Gasteiger partial charge is 0.236 e. The third kappa shape index (κ3) is 5.70. The molecular weight excluding hydrogens is 458 g/mol. The third-order valence-electron chi connectivity index (χ3n) is 3.93. The Morgan fingerprint density at radius 2 is 1.93 bits per heavy atom. The van der Waals surface area contributed by atoms with Crippen LogP contribution in [-0.2, 0) is 11.8 Å². The molecule has 1 amide bonds. The molecule has 1 unspecified atom stereocenters. The van der Waals surface area contributed by atoms with Crippen molar-refractivity contribution in [1.29, 1.82) is 0 Å². The number of pyridine rings is 1. The van der Waals surface area contributed by atoms with Gasteiger partial charge in [-0.25, -0.2) is 4.98 Å². The maximum Gasteiger partial charge on any atom is 0.236 e. The van der Waals surface area contributed by atoms with E-state index in [4.69, 9.17) is 9.47 Å². The first-order chi connectivity index (χ1) is 14.0. The van der Waals surface area contributed by atoms with Crippen molar-refractivity contribution >= 4 is 39.4 Å². The van der Waals surface area contributed by atoms with Crippen LogP contribution in [0.5, 0.6) is 11.5 Å². The molecule has 0 spiro atoms. The first kappa shape index (κ1) is 21.1. The number of thioether (sulfide) groups is 1. The molecule has 1 N–H and O–H groups in total. The molecule has 0 bridgehead atoms. The van der Waals surface area contributed by atoms with Gasteiger partial charge in [0.05, 0.1) is 12.9 Å². The zero-order chi connectivity index (χ0) is 20.8. The number of ether oxygens (including phenoxy) is 2. The lowest BCUT2D eigenvalue weighted by Crippen LogP contribution is -2.15. The number of methoxy groups -OCH3 is 1. The van der Waals surface area contributed by atoms with Crippen molar-refractivity contribution in [3.05, 3.63) is 52.9 Å². The summed E-state index contributed by atoms with van der Waals surface area (Å²) in [5.41, 5.74) is 0. The summed E-state index contributed by atoms with van der Waals surface area (Å²) in [7, 11) is 3.46. The van der Waals surface area contributed by atoms with E-state index in [2.05, 4.69) is 36.4 Å². The Balaban J connectivity index is 1.56. The topological polar surface area (TPSA) is 91.2 Å². The van der Waals surface area contributed by atoms with Crippen LogP contribution in [0.15, 0.2) is 52.2 Å². The van der Waals surface area contributed by atoms with Gasteiger partial charge in [-0.2, -0.15) is 0 Å². The number of halogens is 1. The maximum absolute atomic E-state index is 12.1. The first-order valence-electron chi connectivity index (χ1n) is 8.70. The lowest BCUT2D eigenvalue weighted by Gasteiger charge is -2.14. The number of nitrogens with one attached hydrogen (secondary N) is 1. The number of hydrogen-bond donors (Lipinski definition) is 1. The molecule has 8 nitrogen and oxygen atoms in total. The fraction of sp³-hybridized carbons (Fsp3) is 0.263. The van der Waals surface area contributed by atoms with Gasteiger partial charge in [0.15, 0.2) is 17.1 Å². The van der Waals surface area contributed by atoms with Gasteiger partial charge in [-0.1, -0.05) is 11.8 Å². The lowest BCUT2D eigenvalue weighted by atomic mass is 10.3. The number of hydrogen-bond acceptors (Lipinski definition) is 7. The number of rotatable bonds is 8. The van der Waals surface area contributed by atoms with Crippen molar-refractivity contribution in [1.82, 2.24) is 19.7 Å².